The molecule has 1 aromatic rings. The topological polar surface area (TPSA) is 68.9 Å². The van der Waals surface area contributed by atoms with Gasteiger partial charge in [0.05, 0.1) is 11.4 Å². The number of carbonyl (C=O) groups is 1. The molecule has 0 unspecified atom stereocenters. The summed E-state index contributed by atoms with van der Waals surface area (Å²) in [7, 11) is 0. The van der Waals surface area contributed by atoms with Gasteiger partial charge in [-0.1, -0.05) is 0 Å². The lowest BCUT2D eigenvalue weighted by atomic mass is 10.2. The van der Waals surface area contributed by atoms with Crippen LogP contribution in [0.4, 0.5) is 0 Å². The van der Waals surface area contributed by atoms with Crippen molar-refractivity contribution in [2.45, 2.75) is 18.6 Å². The molecule has 1 aromatic heterocycles. The highest BCUT2D eigenvalue weighted by Crippen LogP contribution is 2.05. The fraction of sp³-hybridized carbons (Fsp3) is 0.444. The van der Waals surface area contributed by atoms with Crippen molar-refractivity contribution in [1.82, 2.24) is 9.97 Å². The van der Waals surface area contributed by atoms with E-state index in [4.69, 9.17) is 5.73 Å². The second kappa shape index (κ2) is 5.59. The van der Waals surface area contributed by atoms with Crippen LogP contribution in [0, 0.1) is 0 Å². The van der Waals surface area contributed by atoms with E-state index in [0.717, 1.165) is 17.1 Å². The maximum absolute atomic E-state index is 10.5. The van der Waals surface area contributed by atoms with Crippen LogP contribution < -0.4 is 5.73 Å². The van der Waals surface area contributed by atoms with Gasteiger partial charge < -0.3 is 5.73 Å². The van der Waals surface area contributed by atoms with Crippen LogP contribution in [-0.2, 0) is 17.0 Å². The van der Waals surface area contributed by atoms with E-state index in [9.17, 15) is 4.79 Å². The molecule has 0 aromatic carbocycles. The molecule has 1 rings (SSSR count). The van der Waals surface area contributed by atoms with Gasteiger partial charge in [0.2, 0.25) is 5.91 Å². The fourth-order valence-electron chi connectivity index (χ4n) is 0.984. The highest BCUT2D eigenvalue weighted by atomic mass is 32.2. The molecule has 1 heterocycles. The first-order valence-corrected chi connectivity index (χ1v) is 5.69. The number of nitrogens with zero attached hydrogens (tertiary/aromatic N) is 2. The summed E-state index contributed by atoms with van der Waals surface area (Å²) in [5, 5.41) is 0. The molecular weight excluding hydrogens is 198 g/mol. The van der Waals surface area contributed by atoms with E-state index in [1.54, 1.807) is 24.2 Å². The minimum Gasteiger partial charge on any atom is -0.370 e. The van der Waals surface area contributed by atoms with Crippen molar-refractivity contribution in [2.75, 3.05) is 6.26 Å². The van der Waals surface area contributed by atoms with Gasteiger partial charge in [-0.05, 0) is 12.7 Å². The monoisotopic (exact) mass is 211 g/mol. The Balaban J connectivity index is 2.50. The number of thioether (sulfide) groups is 1. The summed E-state index contributed by atoms with van der Waals surface area (Å²) in [5.41, 5.74) is 6.80. The molecule has 0 radical (unpaired) electrons. The third-order valence-electron chi connectivity index (χ3n) is 1.68. The van der Waals surface area contributed by atoms with Gasteiger partial charge in [0.25, 0.3) is 0 Å². The first-order chi connectivity index (χ1) is 6.72. The minimum atomic E-state index is -0.306. The molecular formula is C9H13N3OS. The summed E-state index contributed by atoms with van der Waals surface area (Å²) in [6.07, 6.45) is 6.36. The Bertz CT molecular complexity index is 299. The van der Waals surface area contributed by atoms with Crippen LogP contribution in [0.2, 0.25) is 0 Å². The quantitative estimate of drug-likeness (QED) is 0.780. The summed E-state index contributed by atoms with van der Waals surface area (Å²) >= 11 is 1.70. The number of hydrogen-bond donors (Lipinski definition) is 1. The molecule has 2 N–H and O–H groups in total. The highest BCUT2D eigenvalue weighted by Gasteiger charge is 1.99. The van der Waals surface area contributed by atoms with Crippen molar-refractivity contribution in [3.63, 3.8) is 0 Å². The van der Waals surface area contributed by atoms with Crippen LogP contribution in [-0.4, -0.2) is 22.1 Å². The molecule has 0 aliphatic rings. The molecule has 1 amide bonds. The third-order valence-corrected chi connectivity index (χ3v) is 2.26. The molecule has 4 nitrogen and oxygen atoms in total. The third kappa shape index (κ3) is 3.74. The molecule has 0 saturated carbocycles. The van der Waals surface area contributed by atoms with Crippen LogP contribution in [0.5, 0.6) is 0 Å². The smallest absolute Gasteiger partial charge is 0.217 e. The summed E-state index contributed by atoms with van der Waals surface area (Å²) in [4.78, 5) is 18.9. The average Bonchev–Trinajstić information content (AvgIpc) is 2.17. The van der Waals surface area contributed by atoms with Crippen LogP contribution in [0.25, 0.3) is 0 Å². The van der Waals surface area contributed by atoms with Crippen molar-refractivity contribution >= 4 is 17.7 Å². The van der Waals surface area contributed by atoms with E-state index >= 15 is 0 Å². The van der Waals surface area contributed by atoms with Gasteiger partial charge >= 0.3 is 0 Å². The summed E-state index contributed by atoms with van der Waals surface area (Å²) in [6.45, 7) is 0. The maximum Gasteiger partial charge on any atom is 0.217 e. The van der Waals surface area contributed by atoms with Crippen LogP contribution in [0.3, 0.4) is 0 Å². The standard InChI is InChI=1S/C9H13N3OS/c1-14-6-8-5-11-7(4-12-8)2-3-9(10)13/h4-5H,2-3,6H2,1H3,(H2,10,13). The van der Waals surface area contributed by atoms with Crippen LogP contribution >= 0.6 is 11.8 Å². The molecule has 0 atom stereocenters. The van der Waals surface area contributed by atoms with Gasteiger partial charge in [-0.2, -0.15) is 11.8 Å². The molecule has 0 aliphatic carbocycles. The van der Waals surface area contributed by atoms with E-state index in [1.165, 1.54) is 0 Å². The van der Waals surface area contributed by atoms with Crippen LogP contribution in [0.15, 0.2) is 12.4 Å². The molecule has 5 heteroatoms. The Morgan fingerprint density at radius 1 is 1.43 bits per heavy atom. The largest absolute Gasteiger partial charge is 0.370 e. The van der Waals surface area contributed by atoms with Gasteiger partial charge in [-0.15, -0.1) is 0 Å². The molecule has 0 aliphatic heterocycles. The van der Waals surface area contributed by atoms with E-state index in [2.05, 4.69) is 9.97 Å². The predicted octanol–water partition coefficient (Wildman–Crippen LogP) is 0.758. The molecule has 76 valence electrons. The van der Waals surface area contributed by atoms with Gasteiger partial charge in [-0.3, -0.25) is 14.8 Å². The lowest BCUT2D eigenvalue weighted by Crippen LogP contribution is -2.11. The predicted molar refractivity (Wildman–Crippen MR) is 56.8 cm³/mol. The van der Waals surface area contributed by atoms with E-state index < -0.39 is 0 Å². The van der Waals surface area contributed by atoms with Gasteiger partial charge in [0.1, 0.15) is 0 Å². The van der Waals surface area contributed by atoms with Crippen molar-refractivity contribution in [1.29, 1.82) is 0 Å². The maximum atomic E-state index is 10.5. The zero-order chi connectivity index (χ0) is 10.4. The van der Waals surface area contributed by atoms with E-state index in [-0.39, 0.29) is 5.91 Å². The second-order valence-corrected chi connectivity index (χ2v) is 3.76. The Morgan fingerprint density at radius 2 is 2.07 bits per heavy atom. The number of aryl methyl sites for hydroxylation is 1. The molecule has 0 spiro atoms. The number of nitrogens with two attached hydrogens (primary N) is 1. The Labute approximate surface area is 87.3 Å². The number of hydrogen-bond acceptors (Lipinski definition) is 4. The number of rotatable bonds is 5. The van der Waals surface area contributed by atoms with Crippen LogP contribution in [0.1, 0.15) is 17.8 Å². The molecule has 14 heavy (non-hydrogen) atoms. The zero-order valence-corrected chi connectivity index (χ0v) is 8.88. The zero-order valence-electron chi connectivity index (χ0n) is 8.06. The Kier molecular flexibility index (Phi) is 4.39. The number of aromatic nitrogens is 2. The average molecular weight is 211 g/mol. The number of primary amides is 1. The van der Waals surface area contributed by atoms with E-state index in [1.807, 2.05) is 6.26 Å². The van der Waals surface area contributed by atoms with Crippen molar-refractivity contribution < 1.29 is 4.79 Å². The molecule has 0 saturated heterocycles. The normalized spacial score (nSPS) is 10.1. The van der Waals surface area contributed by atoms with Gasteiger partial charge in [0.15, 0.2) is 0 Å². The Morgan fingerprint density at radius 3 is 2.57 bits per heavy atom. The summed E-state index contributed by atoms with van der Waals surface area (Å²) < 4.78 is 0. The number of amides is 1. The van der Waals surface area contributed by atoms with Crippen molar-refractivity contribution in [2.24, 2.45) is 5.73 Å². The second-order valence-electron chi connectivity index (χ2n) is 2.90. The Hall–Kier alpha value is -1.10. The SMILES string of the molecule is CSCc1cnc(CCC(N)=O)cn1. The highest BCUT2D eigenvalue weighted by molar-refractivity contribution is 7.97. The van der Waals surface area contributed by atoms with Crippen molar-refractivity contribution in [3.05, 3.63) is 23.8 Å². The minimum absolute atomic E-state index is 0.306. The lowest BCUT2D eigenvalue weighted by Gasteiger charge is -1.99. The molecule has 0 bridgehead atoms. The van der Waals surface area contributed by atoms with Gasteiger partial charge in [0, 0.05) is 24.6 Å². The van der Waals surface area contributed by atoms with Crippen molar-refractivity contribution in [3.8, 4) is 0 Å². The lowest BCUT2D eigenvalue weighted by molar-refractivity contribution is -0.118. The first-order valence-electron chi connectivity index (χ1n) is 4.29. The fourth-order valence-corrected chi connectivity index (χ4v) is 1.43. The summed E-state index contributed by atoms with van der Waals surface area (Å²) in [5.74, 6) is 0.559. The summed E-state index contributed by atoms with van der Waals surface area (Å²) in [6, 6.07) is 0. The van der Waals surface area contributed by atoms with Gasteiger partial charge in [-0.25, -0.2) is 0 Å². The molecule has 0 fully saturated rings. The first kappa shape index (κ1) is 11.0. The van der Waals surface area contributed by atoms with E-state index in [0.29, 0.717) is 12.8 Å². The number of carbonyl (C=O) groups excluding carboxylic acids is 1.